The highest BCUT2D eigenvalue weighted by atomic mass is 32.2. The summed E-state index contributed by atoms with van der Waals surface area (Å²) in [6.45, 7) is 2.70. The Balaban J connectivity index is 1.69. The predicted octanol–water partition coefficient (Wildman–Crippen LogP) is 4.56. The number of carbonyl (C=O) groups excluding carboxylic acids is 1. The molecule has 0 spiro atoms. The van der Waals surface area contributed by atoms with Gasteiger partial charge in [0.2, 0.25) is 0 Å². The van der Waals surface area contributed by atoms with E-state index in [1.807, 2.05) is 54.6 Å². The van der Waals surface area contributed by atoms with Gasteiger partial charge in [0.1, 0.15) is 0 Å². The summed E-state index contributed by atoms with van der Waals surface area (Å²) >= 11 is 1.55. The summed E-state index contributed by atoms with van der Waals surface area (Å²) in [5, 5.41) is 1.40. The Hall–Kier alpha value is -2.40. The average molecular weight is 366 g/mol. The number of hydrogen-bond acceptors (Lipinski definition) is 4. The fourth-order valence-corrected chi connectivity index (χ4v) is 3.81. The van der Waals surface area contributed by atoms with Crippen molar-refractivity contribution in [3.05, 3.63) is 70.5 Å². The van der Waals surface area contributed by atoms with Crippen molar-refractivity contribution < 1.29 is 4.79 Å². The Morgan fingerprint density at radius 3 is 2.58 bits per heavy atom. The fourth-order valence-electron chi connectivity index (χ4n) is 2.84. The Morgan fingerprint density at radius 2 is 1.81 bits per heavy atom. The van der Waals surface area contributed by atoms with E-state index >= 15 is 0 Å². The van der Waals surface area contributed by atoms with Crippen LogP contribution in [-0.2, 0) is 6.54 Å². The lowest BCUT2D eigenvalue weighted by Crippen LogP contribution is -2.23. The maximum Gasteiger partial charge on any atom is 0.262 e. The van der Waals surface area contributed by atoms with Gasteiger partial charge in [-0.15, -0.1) is 0 Å². The van der Waals surface area contributed by atoms with Gasteiger partial charge in [-0.1, -0.05) is 61.2 Å². The first-order valence-electron chi connectivity index (χ1n) is 8.91. The van der Waals surface area contributed by atoms with E-state index in [1.165, 1.54) is 0 Å². The zero-order valence-electron chi connectivity index (χ0n) is 14.9. The Morgan fingerprint density at radius 1 is 1.08 bits per heavy atom. The van der Waals surface area contributed by atoms with Crippen molar-refractivity contribution in [3.8, 4) is 0 Å². The number of thioether (sulfide) groups is 1. The molecule has 0 aliphatic carbocycles. The Labute approximate surface area is 157 Å². The third kappa shape index (κ3) is 4.22. The summed E-state index contributed by atoms with van der Waals surface area (Å²) < 4.78 is 1.76. The lowest BCUT2D eigenvalue weighted by molar-refractivity contribution is 0.0982. The molecule has 0 radical (unpaired) electrons. The monoisotopic (exact) mass is 366 g/mol. The first kappa shape index (κ1) is 18.4. The highest BCUT2D eigenvalue weighted by Gasteiger charge is 2.11. The van der Waals surface area contributed by atoms with Gasteiger partial charge in [0, 0.05) is 24.3 Å². The van der Waals surface area contributed by atoms with E-state index in [0.29, 0.717) is 18.4 Å². The number of aromatic nitrogens is 2. The van der Waals surface area contributed by atoms with Crippen LogP contribution in [0.4, 0.5) is 0 Å². The van der Waals surface area contributed by atoms with E-state index in [2.05, 4.69) is 11.9 Å². The molecule has 3 aromatic rings. The van der Waals surface area contributed by atoms with E-state index in [0.717, 1.165) is 34.8 Å². The minimum atomic E-state index is 0.0142. The molecular formula is C21H22N2O2S. The van der Waals surface area contributed by atoms with Crippen molar-refractivity contribution >= 4 is 28.4 Å². The number of hydrogen-bond donors (Lipinski definition) is 0. The van der Waals surface area contributed by atoms with Gasteiger partial charge in [0.15, 0.2) is 10.9 Å². The molecule has 1 heterocycles. The summed E-state index contributed by atoms with van der Waals surface area (Å²) in [5.41, 5.74) is 1.50. The number of nitrogens with zero attached hydrogens (tertiary/aromatic N) is 2. The van der Waals surface area contributed by atoms with Crippen molar-refractivity contribution in [2.45, 2.75) is 37.9 Å². The number of para-hydroxylation sites is 1. The lowest BCUT2D eigenvalue weighted by Gasteiger charge is -2.12. The minimum Gasteiger partial charge on any atom is -0.294 e. The molecule has 4 nitrogen and oxygen atoms in total. The van der Waals surface area contributed by atoms with Crippen molar-refractivity contribution in [1.29, 1.82) is 0 Å². The Kier molecular flexibility index (Phi) is 6.23. The number of ketones is 1. The molecule has 0 fully saturated rings. The molecule has 0 saturated heterocycles. The SMILES string of the molecule is CCCn1c(SCCCC(=O)c2ccccc2)nc2ccccc2c1=O. The van der Waals surface area contributed by atoms with Crippen LogP contribution in [0.2, 0.25) is 0 Å². The van der Waals surface area contributed by atoms with E-state index in [9.17, 15) is 9.59 Å². The minimum absolute atomic E-state index is 0.0142. The van der Waals surface area contributed by atoms with Crippen LogP contribution in [0.5, 0.6) is 0 Å². The average Bonchev–Trinajstić information content (AvgIpc) is 2.68. The van der Waals surface area contributed by atoms with Gasteiger partial charge in [0.25, 0.3) is 5.56 Å². The van der Waals surface area contributed by atoms with Crippen LogP contribution in [0, 0.1) is 0 Å². The zero-order chi connectivity index (χ0) is 18.4. The molecule has 0 amide bonds. The number of benzene rings is 2. The van der Waals surface area contributed by atoms with Gasteiger partial charge in [-0.25, -0.2) is 4.98 Å². The number of fused-ring (bicyclic) bond motifs is 1. The van der Waals surface area contributed by atoms with Crippen LogP contribution in [0.25, 0.3) is 10.9 Å². The van der Waals surface area contributed by atoms with Crippen LogP contribution in [0.1, 0.15) is 36.5 Å². The number of carbonyl (C=O) groups is 1. The highest BCUT2D eigenvalue weighted by molar-refractivity contribution is 7.99. The molecule has 0 aliphatic rings. The molecule has 3 rings (SSSR count). The standard InChI is InChI=1S/C21H22N2O2S/c1-2-14-23-20(25)17-11-6-7-12-18(17)22-21(23)26-15-8-13-19(24)16-9-4-3-5-10-16/h3-7,9-12H,2,8,13-15H2,1H3. The first-order valence-corrected chi connectivity index (χ1v) is 9.90. The third-order valence-corrected chi connectivity index (χ3v) is 5.21. The van der Waals surface area contributed by atoms with Gasteiger partial charge in [-0.3, -0.25) is 14.2 Å². The van der Waals surface area contributed by atoms with E-state index in [-0.39, 0.29) is 11.3 Å². The summed E-state index contributed by atoms with van der Waals surface area (Å²) in [7, 11) is 0. The molecule has 1 aromatic heterocycles. The molecule has 134 valence electrons. The second-order valence-electron chi connectivity index (χ2n) is 6.11. The van der Waals surface area contributed by atoms with Gasteiger partial charge in [-0.2, -0.15) is 0 Å². The lowest BCUT2D eigenvalue weighted by atomic mass is 10.1. The third-order valence-electron chi connectivity index (χ3n) is 4.15. The molecule has 0 unspecified atom stereocenters. The summed E-state index contributed by atoms with van der Waals surface area (Å²) in [5.74, 6) is 0.913. The number of Topliss-reactive ketones (excluding diaryl/α,β-unsaturated/α-hetero) is 1. The molecular weight excluding hydrogens is 344 g/mol. The summed E-state index contributed by atoms with van der Waals surface area (Å²) in [6, 6.07) is 16.8. The molecule has 0 aliphatic heterocycles. The van der Waals surface area contributed by atoms with Crippen LogP contribution >= 0.6 is 11.8 Å². The fraction of sp³-hybridized carbons (Fsp3) is 0.286. The quantitative estimate of drug-likeness (QED) is 0.254. The van der Waals surface area contributed by atoms with Crippen molar-refractivity contribution in [2.24, 2.45) is 0 Å². The van der Waals surface area contributed by atoms with Crippen molar-refractivity contribution in [1.82, 2.24) is 9.55 Å². The topological polar surface area (TPSA) is 52.0 Å². The van der Waals surface area contributed by atoms with Gasteiger partial charge in [0.05, 0.1) is 10.9 Å². The normalized spacial score (nSPS) is 11.0. The summed E-state index contributed by atoms with van der Waals surface area (Å²) in [4.78, 5) is 29.6. The van der Waals surface area contributed by atoms with Crippen LogP contribution in [-0.4, -0.2) is 21.1 Å². The molecule has 5 heteroatoms. The second kappa shape index (κ2) is 8.81. The van der Waals surface area contributed by atoms with E-state index < -0.39 is 0 Å². The smallest absolute Gasteiger partial charge is 0.262 e. The van der Waals surface area contributed by atoms with Crippen LogP contribution in [0.3, 0.4) is 0 Å². The zero-order valence-corrected chi connectivity index (χ0v) is 15.7. The summed E-state index contributed by atoms with van der Waals surface area (Å²) in [6.07, 6.45) is 2.13. The van der Waals surface area contributed by atoms with Gasteiger partial charge < -0.3 is 0 Å². The van der Waals surface area contributed by atoms with Crippen molar-refractivity contribution in [3.63, 3.8) is 0 Å². The molecule has 0 bridgehead atoms. The maximum absolute atomic E-state index is 12.7. The molecule has 2 aromatic carbocycles. The predicted molar refractivity (Wildman–Crippen MR) is 107 cm³/mol. The highest BCUT2D eigenvalue weighted by Crippen LogP contribution is 2.20. The maximum atomic E-state index is 12.7. The molecule has 0 atom stereocenters. The largest absolute Gasteiger partial charge is 0.294 e. The van der Waals surface area contributed by atoms with Crippen molar-refractivity contribution in [2.75, 3.05) is 5.75 Å². The van der Waals surface area contributed by atoms with E-state index in [4.69, 9.17) is 0 Å². The van der Waals surface area contributed by atoms with E-state index in [1.54, 1.807) is 16.3 Å². The molecule has 26 heavy (non-hydrogen) atoms. The second-order valence-corrected chi connectivity index (χ2v) is 7.17. The first-order chi connectivity index (χ1) is 12.7. The molecule has 0 saturated carbocycles. The van der Waals surface area contributed by atoms with Gasteiger partial charge in [-0.05, 0) is 25.0 Å². The number of rotatable bonds is 8. The van der Waals surface area contributed by atoms with Crippen LogP contribution in [0.15, 0.2) is 64.5 Å². The Bertz CT molecular complexity index is 951. The van der Waals surface area contributed by atoms with Gasteiger partial charge >= 0.3 is 0 Å². The van der Waals surface area contributed by atoms with Crippen LogP contribution < -0.4 is 5.56 Å². The molecule has 0 N–H and O–H groups in total.